The number of halogens is 1. The highest BCUT2D eigenvalue weighted by molar-refractivity contribution is 9.10. The Kier molecular flexibility index (Phi) is 5.58. The fourth-order valence-corrected chi connectivity index (χ4v) is 2.54. The van der Waals surface area contributed by atoms with Gasteiger partial charge in [-0.05, 0) is 31.2 Å². The van der Waals surface area contributed by atoms with E-state index in [0.29, 0.717) is 17.2 Å². The molecule has 3 aromatic rings. The van der Waals surface area contributed by atoms with E-state index in [0.717, 1.165) is 10.0 Å². The molecule has 0 aliphatic rings. The molecule has 6 nitrogen and oxygen atoms in total. The molecule has 0 aliphatic carbocycles. The van der Waals surface area contributed by atoms with E-state index in [1.807, 2.05) is 36.4 Å². The fourth-order valence-electron chi connectivity index (χ4n) is 2.27. The van der Waals surface area contributed by atoms with E-state index in [1.165, 1.54) is 0 Å². The second-order valence-electron chi connectivity index (χ2n) is 5.48. The first kappa shape index (κ1) is 18.0. The zero-order valence-corrected chi connectivity index (χ0v) is 15.8. The molecule has 7 heteroatoms. The van der Waals surface area contributed by atoms with Crippen molar-refractivity contribution in [3.05, 3.63) is 59.1 Å². The van der Waals surface area contributed by atoms with Gasteiger partial charge in [-0.15, -0.1) is 0 Å². The van der Waals surface area contributed by atoms with Crippen molar-refractivity contribution in [3.63, 3.8) is 0 Å². The van der Waals surface area contributed by atoms with Gasteiger partial charge in [-0.25, -0.2) is 0 Å². The lowest BCUT2D eigenvalue weighted by Crippen LogP contribution is -2.30. The SMILES string of the molecule is COc1ccccc1O[C@@H](C)C(=O)Nc1cc(-c2ccc(Br)cc2)no1. The molecule has 0 saturated carbocycles. The molecule has 134 valence electrons. The van der Waals surface area contributed by atoms with Gasteiger partial charge in [-0.3, -0.25) is 10.1 Å². The van der Waals surface area contributed by atoms with E-state index >= 15 is 0 Å². The van der Waals surface area contributed by atoms with E-state index in [2.05, 4.69) is 26.4 Å². The van der Waals surface area contributed by atoms with Crippen LogP contribution in [0.3, 0.4) is 0 Å². The number of amides is 1. The maximum absolute atomic E-state index is 12.3. The van der Waals surface area contributed by atoms with E-state index in [-0.39, 0.29) is 11.8 Å². The standard InChI is InChI=1S/C19H17BrN2O4/c1-12(25-17-6-4-3-5-16(17)24-2)19(23)21-18-11-15(22-26-18)13-7-9-14(20)10-8-13/h3-12H,1-2H3,(H,21,23)/t12-/m0/s1. The molecule has 0 radical (unpaired) electrons. The number of anilines is 1. The van der Waals surface area contributed by atoms with Crippen molar-refractivity contribution in [2.75, 3.05) is 12.4 Å². The summed E-state index contributed by atoms with van der Waals surface area (Å²) in [5.41, 5.74) is 1.52. The average Bonchev–Trinajstić information content (AvgIpc) is 3.11. The summed E-state index contributed by atoms with van der Waals surface area (Å²) in [5, 5.41) is 6.63. The van der Waals surface area contributed by atoms with Crippen LogP contribution in [0.5, 0.6) is 11.5 Å². The second kappa shape index (κ2) is 8.05. The summed E-state index contributed by atoms with van der Waals surface area (Å²) >= 11 is 3.39. The molecule has 1 N–H and O–H groups in total. The number of para-hydroxylation sites is 2. The number of nitrogens with one attached hydrogen (secondary N) is 1. The monoisotopic (exact) mass is 416 g/mol. The van der Waals surface area contributed by atoms with E-state index in [1.54, 1.807) is 32.2 Å². The molecule has 0 saturated heterocycles. The topological polar surface area (TPSA) is 73.6 Å². The van der Waals surface area contributed by atoms with Gasteiger partial charge in [-0.1, -0.05) is 45.4 Å². The van der Waals surface area contributed by atoms with Crippen molar-refractivity contribution in [2.24, 2.45) is 0 Å². The lowest BCUT2D eigenvalue weighted by atomic mass is 10.1. The minimum atomic E-state index is -0.743. The molecule has 2 aromatic carbocycles. The summed E-state index contributed by atoms with van der Waals surface area (Å²) in [5.74, 6) is 0.952. The Morgan fingerprint density at radius 3 is 2.54 bits per heavy atom. The predicted octanol–water partition coefficient (Wildman–Crippen LogP) is 4.52. The molecular weight excluding hydrogens is 400 g/mol. The van der Waals surface area contributed by atoms with E-state index in [9.17, 15) is 4.79 Å². The van der Waals surface area contributed by atoms with Crippen molar-refractivity contribution in [1.82, 2.24) is 5.16 Å². The highest BCUT2D eigenvalue weighted by Gasteiger charge is 2.19. The number of aromatic nitrogens is 1. The van der Waals surface area contributed by atoms with Crippen LogP contribution in [-0.2, 0) is 4.79 Å². The Morgan fingerprint density at radius 1 is 1.15 bits per heavy atom. The molecule has 0 unspecified atom stereocenters. The number of hydrogen-bond donors (Lipinski definition) is 1. The molecule has 26 heavy (non-hydrogen) atoms. The Labute approximate surface area is 159 Å². The van der Waals surface area contributed by atoms with Gasteiger partial charge in [0, 0.05) is 16.1 Å². The number of benzene rings is 2. The van der Waals surface area contributed by atoms with Crippen LogP contribution in [0.25, 0.3) is 11.3 Å². The Hall–Kier alpha value is -2.80. The smallest absolute Gasteiger partial charge is 0.267 e. The number of ether oxygens (including phenoxy) is 2. The number of nitrogens with zero attached hydrogens (tertiary/aromatic N) is 1. The summed E-state index contributed by atoms with van der Waals surface area (Å²) in [7, 11) is 1.55. The fraction of sp³-hybridized carbons (Fsp3) is 0.158. The predicted molar refractivity (Wildman–Crippen MR) is 101 cm³/mol. The molecule has 1 amide bonds. The Balaban J connectivity index is 1.65. The largest absolute Gasteiger partial charge is 0.493 e. The van der Waals surface area contributed by atoms with Crippen molar-refractivity contribution in [1.29, 1.82) is 0 Å². The number of methoxy groups -OCH3 is 1. The molecule has 1 heterocycles. The maximum atomic E-state index is 12.3. The van der Waals surface area contributed by atoms with Crippen molar-refractivity contribution in [3.8, 4) is 22.8 Å². The summed E-state index contributed by atoms with van der Waals surface area (Å²) < 4.78 is 17.1. The summed E-state index contributed by atoms with van der Waals surface area (Å²) in [6.07, 6.45) is -0.743. The average molecular weight is 417 g/mol. The number of carbonyl (C=O) groups is 1. The zero-order chi connectivity index (χ0) is 18.5. The highest BCUT2D eigenvalue weighted by Crippen LogP contribution is 2.27. The van der Waals surface area contributed by atoms with Gasteiger partial charge in [0.1, 0.15) is 5.69 Å². The van der Waals surface area contributed by atoms with Crippen molar-refractivity contribution >= 4 is 27.7 Å². The normalized spacial score (nSPS) is 11.7. The van der Waals surface area contributed by atoms with Crippen LogP contribution in [0.4, 0.5) is 5.88 Å². The van der Waals surface area contributed by atoms with Gasteiger partial charge in [0.15, 0.2) is 17.6 Å². The minimum Gasteiger partial charge on any atom is -0.493 e. The molecule has 3 rings (SSSR count). The van der Waals surface area contributed by atoms with Crippen LogP contribution in [0.15, 0.2) is 63.6 Å². The van der Waals surface area contributed by atoms with E-state index in [4.69, 9.17) is 14.0 Å². The highest BCUT2D eigenvalue weighted by atomic mass is 79.9. The first-order chi connectivity index (χ1) is 12.6. The van der Waals surface area contributed by atoms with Crippen LogP contribution < -0.4 is 14.8 Å². The second-order valence-corrected chi connectivity index (χ2v) is 6.40. The molecule has 0 fully saturated rings. The number of rotatable bonds is 6. The van der Waals surface area contributed by atoms with Crippen LogP contribution in [0.1, 0.15) is 6.92 Å². The lowest BCUT2D eigenvalue weighted by molar-refractivity contribution is -0.122. The molecule has 0 spiro atoms. The van der Waals surface area contributed by atoms with Gasteiger partial charge >= 0.3 is 0 Å². The third kappa shape index (κ3) is 4.23. The van der Waals surface area contributed by atoms with Gasteiger partial charge in [0.25, 0.3) is 5.91 Å². The molecule has 0 aliphatic heterocycles. The lowest BCUT2D eigenvalue weighted by Gasteiger charge is -2.15. The van der Waals surface area contributed by atoms with Gasteiger partial charge < -0.3 is 14.0 Å². The summed E-state index contributed by atoms with van der Waals surface area (Å²) in [4.78, 5) is 12.3. The van der Waals surface area contributed by atoms with Crippen LogP contribution in [-0.4, -0.2) is 24.3 Å². The van der Waals surface area contributed by atoms with Gasteiger partial charge in [-0.2, -0.15) is 0 Å². The van der Waals surface area contributed by atoms with Crippen molar-refractivity contribution in [2.45, 2.75) is 13.0 Å². The zero-order valence-electron chi connectivity index (χ0n) is 14.2. The number of hydrogen-bond acceptors (Lipinski definition) is 5. The van der Waals surface area contributed by atoms with Gasteiger partial charge in [0.2, 0.25) is 5.88 Å². The van der Waals surface area contributed by atoms with Crippen LogP contribution >= 0.6 is 15.9 Å². The minimum absolute atomic E-state index is 0.253. The molecule has 1 aromatic heterocycles. The third-order valence-electron chi connectivity index (χ3n) is 3.64. The molecule has 0 bridgehead atoms. The van der Waals surface area contributed by atoms with E-state index < -0.39 is 6.10 Å². The Morgan fingerprint density at radius 2 is 1.85 bits per heavy atom. The first-order valence-electron chi connectivity index (χ1n) is 7.90. The molecular formula is C19H17BrN2O4. The maximum Gasteiger partial charge on any atom is 0.267 e. The van der Waals surface area contributed by atoms with Crippen LogP contribution in [0.2, 0.25) is 0 Å². The summed E-state index contributed by atoms with van der Waals surface area (Å²) in [6.45, 7) is 1.65. The third-order valence-corrected chi connectivity index (χ3v) is 4.17. The van der Waals surface area contributed by atoms with Crippen LogP contribution in [0, 0.1) is 0 Å². The Bertz CT molecular complexity index is 893. The first-order valence-corrected chi connectivity index (χ1v) is 8.69. The molecule has 1 atom stereocenters. The number of carbonyl (C=O) groups excluding carboxylic acids is 1. The van der Waals surface area contributed by atoms with Crippen molar-refractivity contribution < 1.29 is 18.8 Å². The quantitative estimate of drug-likeness (QED) is 0.639. The van der Waals surface area contributed by atoms with Gasteiger partial charge in [0.05, 0.1) is 7.11 Å². The summed E-state index contributed by atoms with van der Waals surface area (Å²) in [6, 6.07) is 16.4.